The number of amides is 1. The Morgan fingerprint density at radius 3 is 2.68 bits per heavy atom. The van der Waals surface area contributed by atoms with Gasteiger partial charge < -0.3 is 14.2 Å². The Labute approximate surface area is 149 Å². The highest BCUT2D eigenvalue weighted by Crippen LogP contribution is 2.26. The molecule has 0 radical (unpaired) electrons. The molecule has 0 saturated carbocycles. The molecule has 0 bridgehead atoms. The standard InChI is InChI=1S/C15H11F2N3O3S2/c16-14(17)25-10-5-3-9(4-6-10)18-12(21)8-24-15-20-19-13(23-15)11-2-1-7-22-11/h1-7,14H,8H2,(H,18,21). The molecule has 25 heavy (non-hydrogen) atoms. The van der Waals surface area contributed by atoms with Crippen LogP contribution in [0.4, 0.5) is 14.5 Å². The van der Waals surface area contributed by atoms with Gasteiger partial charge in [-0.1, -0.05) is 23.5 Å². The maximum atomic E-state index is 12.2. The molecule has 0 unspecified atom stereocenters. The summed E-state index contributed by atoms with van der Waals surface area (Å²) in [5.41, 5.74) is 0.519. The smallest absolute Gasteiger partial charge is 0.288 e. The van der Waals surface area contributed by atoms with Gasteiger partial charge in [-0.3, -0.25) is 4.79 Å². The Balaban J connectivity index is 1.49. The molecule has 6 nitrogen and oxygen atoms in total. The molecule has 3 rings (SSSR count). The predicted molar refractivity (Wildman–Crippen MR) is 89.7 cm³/mol. The lowest BCUT2D eigenvalue weighted by Gasteiger charge is -2.05. The van der Waals surface area contributed by atoms with Gasteiger partial charge in [0.2, 0.25) is 5.91 Å². The van der Waals surface area contributed by atoms with Gasteiger partial charge in [0.15, 0.2) is 5.76 Å². The highest BCUT2D eigenvalue weighted by molar-refractivity contribution is 7.99. The molecule has 10 heteroatoms. The zero-order valence-electron chi connectivity index (χ0n) is 12.5. The van der Waals surface area contributed by atoms with E-state index in [2.05, 4.69) is 15.5 Å². The SMILES string of the molecule is O=C(CSc1nnc(-c2ccco2)o1)Nc1ccc(SC(F)F)cc1. The maximum absolute atomic E-state index is 12.2. The van der Waals surface area contributed by atoms with Gasteiger partial charge in [-0.15, -0.1) is 10.2 Å². The molecule has 3 aromatic rings. The largest absolute Gasteiger partial charge is 0.459 e. The van der Waals surface area contributed by atoms with Gasteiger partial charge in [0.1, 0.15) is 0 Å². The van der Waals surface area contributed by atoms with E-state index in [0.29, 0.717) is 28.1 Å². The van der Waals surface area contributed by atoms with Crippen molar-refractivity contribution in [2.45, 2.75) is 15.9 Å². The predicted octanol–water partition coefficient (Wildman–Crippen LogP) is 4.38. The van der Waals surface area contributed by atoms with Gasteiger partial charge in [0.25, 0.3) is 16.9 Å². The first-order chi connectivity index (χ1) is 12.1. The molecule has 2 aromatic heterocycles. The summed E-state index contributed by atoms with van der Waals surface area (Å²) in [5, 5.41) is 10.6. The van der Waals surface area contributed by atoms with E-state index in [1.807, 2.05) is 0 Å². The Hall–Kier alpha value is -2.33. The van der Waals surface area contributed by atoms with Crippen molar-refractivity contribution in [3.63, 3.8) is 0 Å². The van der Waals surface area contributed by atoms with E-state index >= 15 is 0 Å². The van der Waals surface area contributed by atoms with Crippen molar-refractivity contribution >= 4 is 35.1 Å². The molecule has 130 valence electrons. The Kier molecular flexibility index (Phi) is 5.71. The van der Waals surface area contributed by atoms with Crippen molar-refractivity contribution in [2.24, 2.45) is 0 Å². The zero-order chi connectivity index (χ0) is 17.6. The third-order valence-electron chi connectivity index (χ3n) is 2.83. The monoisotopic (exact) mass is 383 g/mol. The molecular formula is C15H11F2N3O3S2. The van der Waals surface area contributed by atoms with Crippen LogP contribution in [0.25, 0.3) is 11.7 Å². The van der Waals surface area contributed by atoms with Gasteiger partial charge in [0.05, 0.1) is 12.0 Å². The van der Waals surface area contributed by atoms with Crippen LogP contribution in [-0.2, 0) is 4.79 Å². The normalized spacial score (nSPS) is 11.0. The Morgan fingerprint density at radius 2 is 2.00 bits per heavy atom. The molecule has 1 aromatic carbocycles. The minimum absolute atomic E-state index is 0.0628. The topological polar surface area (TPSA) is 81.2 Å². The second-order valence-electron chi connectivity index (χ2n) is 4.59. The molecule has 0 spiro atoms. The third kappa shape index (κ3) is 5.07. The van der Waals surface area contributed by atoms with E-state index in [4.69, 9.17) is 8.83 Å². The molecule has 0 saturated heterocycles. The highest BCUT2D eigenvalue weighted by atomic mass is 32.2. The number of halogens is 2. The second kappa shape index (κ2) is 8.17. The van der Waals surface area contributed by atoms with Gasteiger partial charge in [-0.25, -0.2) is 0 Å². The Morgan fingerprint density at radius 1 is 1.20 bits per heavy atom. The lowest BCUT2D eigenvalue weighted by atomic mass is 10.3. The number of thioether (sulfide) groups is 2. The van der Waals surface area contributed by atoms with Crippen LogP contribution in [0.3, 0.4) is 0 Å². The number of nitrogens with one attached hydrogen (secondary N) is 1. The van der Waals surface area contributed by atoms with Crippen LogP contribution in [0.2, 0.25) is 0 Å². The number of carbonyl (C=O) groups excluding carboxylic acids is 1. The fraction of sp³-hybridized carbons (Fsp3) is 0.133. The van der Waals surface area contributed by atoms with Gasteiger partial charge in [-0.05, 0) is 36.4 Å². The number of rotatable bonds is 7. The van der Waals surface area contributed by atoms with Crippen molar-refractivity contribution in [3.8, 4) is 11.7 Å². The van der Waals surface area contributed by atoms with Crippen molar-refractivity contribution < 1.29 is 22.4 Å². The van der Waals surface area contributed by atoms with E-state index < -0.39 is 5.76 Å². The summed E-state index contributed by atoms with van der Waals surface area (Å²) in [7, 11) is 0. The minimum Gasteiger partial charge on any atom is -0.459 e. The third-order valence-corrected chi connectivity index (χ3v) is 4.37. The molecule has 0 fully saturated rings. The molecule has 1 N–H and O–H groups in total. The van der Waals surface area contributed by atoms with Crippen molar-refractivity contribution in [1.29, 1.82) is 0 Å². The molecule has 1 amide bonds. The summed E-state index contributed by atoms with van der Waals surface area (Å²) in [4.78, 5) is 12.3. The zero-order valence-corrected chi connectivity index (χ0v) is 14.2. The quantitative estimate of drug-likeness (QED) is 0.607. The number of alkyl halides is 2. The van der Waals surface area contributed by atoms with Crippen LogP contribution in [0, 0.1) is 0 Å². The van der Waals surface area contributed by atoms with E-state index in [1.165, 1.54) is 18.4 Å². The molecule has 0 aliphatic rings. The molecule has 2 heterocycles. The number of nitrogens with zero attached hydrogens (tertiary/aromatic N) is 2. The number of furan rings is 1. The summed E-state index contributed by atoms with van der Waals surface area (Å²) in [6, 6.07) is 9.56. The van der Waals surface area contributed by atoms with E-state index in [-0.39, 0.29) is 22.8 Å². The molecule has 0 aliphatic carbocycles. The van der Waals surface area contributed by atoms with Gasteiger partial charge in [0, 0.05) is 10.6 Å². The molecule has 0 aliphatic heterocycles. The lowest BCUT2D eigenvalue weighted by Crippen LogP contribution is -2.13. The summed E-state index contributed by atoms with van der Waals surface area (Å²) in [6.45, 7) is 0. The van der Waals surface area contributed by atoms with E-state index in [1.54, 1.807) is 24.3 Å². The highest BCUT2D eigenvalue weighted by Gasteiger charge is 2.13. The Bertz CT molecular complexity index is 823. The first-order valence-corrected chi connectivity index (χ1v) is 8.81. The van der Waals surface area contributed by atoms with Crippen LogP contribution in [0.15, 0.2) is 61.6 Å². The number of aromatic nitrogens is 2. The average molecular weight is 383 g/mol. The van der Waals surface area contributed by atoms with Crippen LogP contribution in [0.1, 0.15) is 0 Å². The summed E-state index contributed by atoms with van der Waals surface area (Å²) < 4.78 is 35.0. The van der Waals surface area contributed by atoms with Gasteiger partial charge >= 0.3 is 0 Å². The van der Waals surface area contributed by atoms with E-state index in [0.717, 1.165) is 11.8 Å². The van der Waals surface area contributed by atoms with Crippen LogP contribution >= 0.6 is 23.5 Å². The maximum Gasteiger partial charge on any atom is 0.288 e. The summed E-state index contributed by atoms with van der Waals surface area (Å²) in [6.07, 6.45) is 1.49. The van der Waals surface area contributed by atoms with Crippen LogP contribution < -0.4 is 5.32 Å². The summed E-state index contributed by atoms with van der Waals surface area (Å²) >= 11 is 1.53. The number of hydrogen-bond acceptors (Lipinski definition) is 7. The van der Waals surface area contributed by atoms with Crippen molar-refractivity contribution in [2.75, 3.05) is 11.1 Å². The van der Waals surface area contributed by atoms with Gasteiger partial charge in [-0.2, -0.15) is 8.78 Å². The van der Waals surface area contributed by atoms with Crippen LogP contribution in [0.5, 0.6) is 0 Å². The van der Waals surface area contributed by atoms with Crippen molar-refractivity contribution in [3.05, 3.63) is 42.7 Å². The number of anilines is 1. The molecule has 0 atom stereocenters. The van der Waals surface area contributed by atoms with E-state index in [9.17, 15) is 13.6 Å². The first kappa shape index (κ1) is 17.5. The first-order valence-electron chi connectivity index (χ1n) is 6.95. The fourth-order valence-electron chi connectivity index (χ4n) is 1.81. The number of carbonyl (C=O) groups is 1. The van der Waals surface area contributed by atoms with Crippen molar-refractivity contribution in [1.82, 2.24) is 10.2 Å². The summed E-state index contributed by atoms with van der Waals surface area (Å²) in [5.74, 6) is -2.01. The lowest BCUT2D eigenvalue weighted by molar-refractivity contribution is -0.113. The molecular weight excluding hydrogens is 372 g/mol. The average Bonchev–Trinajstić information content (AvgIpc) is 3.25. The minimum atomic E-state index is -2.47. The second-order valence-corrected chi connectivity index (χ2v) is 6.58. The fourth-order valence-corrected chi connectivity index (χ4v) is 2.87. The number of hydrogen-bond donors (Lipinski definition) is 1. The number of benzene rings is 1. The van der Waals surface area contributed by atoms with Crippen LogP contribution in [-0.4, -0.2) is 27.6 Å².